The Morgan fingerprint density at radius 3 is 2.62 bits per heavy atom. The minimum atomic E-state index is -0.000228. The van der Waals surface area contributed by atoms with Gasteiger partial charge in [-0.05, 0) is 23.8 Å². The molecule has 26 heavy (non-hydrogen) atoms. The molecule has 3 N–H and O–H groups in total. The van der Waals surface area contributed by atoms with Crippen LogP contribution in [0.3, 0.4) is 0 Å². The number of aromatic nitrogens is 3. The normalized spacial score (nSPS) is 12.0. The van der Waals surface area contributed by atoms with Gasteiger partial charge in [-0.25, -0.2) is 9.97 Å². The molecule has 0 aliphatic heterocycles. The zero-order valence-corrected chi connectivity index (χ0v) is 14.2. The first-order valence-corrected chi connectivity index (χ1v) is 8.52. The molecular weight excluding hydrogens is 322 g/mol. The van der Waals surface area contributed by atoms with E-state index in [0.717, 1.165) is 33.5 Å². The van der Waals surface area contributed by atoms with Gasteiger partial charge >= 0.3 is 0 Å². The molecule has 2 aromatic carbocycles. The van der Waals surface area contributed by atoms with Crippen LogP contribution in [0.25, 0.3) is 22.2 Å². The largest absolute Gasteiger partial charge is 0.362 e. The van der Waals surface area contributed by atoms with Gasteiger partial charge in [0.25, 0.3) is 0 Å². The first-order chi connectivity index (χ1) is 12.8. The molecule has 2 heterocycles. The van der Waals surface area contributed by atoms with Gasteiger partial charge < -0.3 is 11.1 Å². The Bertz CT molecular complexity index is 1020. The van der Waals surface area contributed by atoms with E-state index in [2.05, 4.69) is 38.5 Å². The van der Waals surface area contributed by atoms with E-state index in [4.69, 9.17) is 5.73 Å². The molecule has 0 aliphatic carbocycles. The Hall–Kier alpha value is -3.31. The highest BCUT2D eigenvalue weighted by Gasteiger charge is 2.11. The number of anilines is 1. The highest BCUT2D eigenvalue weighted by atomic mass is 15.0. The zero-order chi connectivity index (χ0) is 17.8. The van der Waals surface area contributed by atoms with Crippen molar-refractivity contribution in [2.75, 3.05) is 11.9 Å². The standard InChI is InChI=1S/C21H19N5/c22-13-20(15-5-2-1-3-6-15)26-21-12-19(24-14-25-21)17-8-9-18-16(11-17)7-4-10-23-18/h1-12,14,20H,13,22H2,(H,24,25,26)/t20-/m0/s1. The fourth-order valence-electron chi connectivity index (χ4n) is 2.97. The topological polar surface area (TPSA) is 76.7 Å². The fourth-order valence-corrected chi connectivity index (χ4v) is 2.97. The summed E-state index contributed by atoms with van der Waals surface area (Å²) in [4.78, 5) is 13.1. The van der Waals surface area contributed by atoms with Crippen molar-refractivity contribution in [3.05, 3.63) is 84.8 Å². The summed E-state index contributed by atoms with van der Waals surface area (Å²) < 4.78 is 0. The quantitative estimate of drug-likeness (QED) is 0.577. The Morgan fingerprint density at radius 1 is 0.885 bits per heavy atom. The minimum Gasteiger partial charge on any atom is -0.362 e. The number of fused-ring (bicyclic) bond motifs is 1. The van der Waals surface area contributed by atoms with E-state index in [1.165, 1.54) is 0 Å². The molecule has 5 heteroatoms. The summed E-state index contributed by atoms with van der Waals surface area (Å²) in [5.41, 5.74) is 9.94. The van der Waals surface area contributed by atoms with Crippen molar-refractivity contribution in [1.82, 2.24) is 15.0 Å². The summed E-state index contributed by atoms with van der Waals surface area (Å²) in [6.07, 6.45) is 3.37. The maximum Gasteiger partial charge on any atom is 0.130 e. The lowest BCUT2D eigenvalue weighted by Gasteiger charge is -2.18. The van der Waals surface area contributed by atoms with Crippen LogP contribution in [0.4, 0.5) is 5.82 Å². The number of nitrogens with two attached hydrogens (primary N) is 1. The number of nitrogens with one attached hydrogen (secondary N) is 1. The van der Waals surface area contributed by atoms with E-state index in [-0.39, 0.29) is 6.04 Å². The maximum absolute atomic E-state index is 5.95. The van der Waals surface area contributed by atoms with Crippen LogP contribution in [-0.4, -0.2) is 21.5 Å². The third-order valence-corrected chi connectivity index (χ3v) is 4.33. The molecule has 0 aliphatic rings. The van der Waals surface area contributed by atoms with Crippen LogP contribution in [0.1, 0.15) is 11.6 Å². The highest BCUT2D eigenvalue weighted by Crippen LogP contribution is 2.24. The van der Waals surface area contributed by atoms with Crippen LogP contribution in [0.5, 0.6) is 0 Å². The second-order valence-corrected chi connectivity index (χ2v) is 6.04. The van der Waals surface area contributed by atoms with Crippen LogP contribution in [-0.2, 0) is 0 Å². The van der Waals surface area contributed by atoms with Crippen molar-refractivity contribution in [1.29, 1.82) is 0 Å². The molecule has 4 aromatic rings. The SMILES string of the molecule is NC[C@H](Nc1cc(-c2ccc3ncccc3c2)ncn1)c1ccccc1. The number of nitrogens with zero attached hydrogens (tertiary/aromatic N) is 3. The molecule has 0 bridgehead atoms. The summed E-state index contributed by atoms with van der Waals surface area (Å²) in [5.74, 6) is 0.751. The molecule has 0 unspecified atom stereocenters. The van der Waals surface area contributed by atoms with Crippen molar-refractivity contribution in [2.45, 2.75) is 6.04 Å². The van der Waals surface area contributed by atoms with Crippen molar-refractivity contribution in [3.63, 3.8) is 0 Å². The van der Waals surface area contributed by atoms with Crippen LogP contribution in [0.2, 0.25) is 0 Å². The van der Waals surface area contributed by atoms with Crippen molar-refractivity contribution < 1.29 is 0 Å². The second kappa shape index (κ2) is 7.29. The Balaban J connectivity index is 1.63. The van der Waals surface area contributed by atoms with Gasteiger partial charge in [-0.1, -0.05) is 42.5 Å². The molecular formula is C21H19N5. The van der Waals surface area contributed by atoms with Gasteiger partial charge in [-0.2, -0.15) is 0 Å². The van der Waals surface area contributed by atoms with Crippen LogP contribution in [0, 0.1) is 0 Å². The number of hydrogen-bond donors (Lipinski definition) is 2. The molecule has 0 amide bonds. The third kappa shape index (κ3) is 3.38. The number of pyridine rings is 1. The third-order valence-electron chi connectivity index (χ3n) is 4.33. The van der Waals surface area contributed by atoms with Gasteiger partial charge in [-0.3, -0.25) is 4.98 Å². The van der Waals surface area contributed by atoms with E-state index in [9.17, 15) is 0 Å². The van der Waals surface area contributed by atoms with E-state index < -0.39 is 0 Å². The predicted molar refractivity (Wildman–Crippen MR) is 105 cm³/mol. The van der Waals surface area contributed by atoms with Crippen molar-refractivity contribution in [2.24, 2.45) is 5.73 Å². The first-order valence-electron chi connectivity index (χ1n) is 8.52. The summed E-state index contributed by atoms with van der Waals surface area (Å²) in [6, 6.07) is 22.2. The Labute approximate surface area is 152 Å². The van der Waals surface area contributed by atoms with Gasteiger partial charge in [0.15, 0.2) is 0 Å². The Kier molecular flexibility index (Phi) is 4.53. The first kappa shape index (κ1) is 16.2. The highest BCUT2D eigenvalue weighted by molar-refractivity contribution is 5.83. The smallest absolute Gasteiger partial charge is 0.130 e. The number of benzene rings is 2. The van der Waals surface area contributed by atoms with E-state index in [0.29, 0.717) is 6.54 Å². The maximum atomic E-state index is 5.95. The lowest BCUT2D eigenvalue weighted by atomic mass is 10.1. The summed E-state index contributed by atoms with van der Waals surface area (Å²) in [7, 11) is 0. The average molecular weight is 341 g/mol. The van der Waals surface area contributed by atoms with Gasteiger partial charge in [0.2, 0.25) is 0 Å². The van der Waals surface area contributed by atoms with Gasteiger partial charge in [-0.15, -0.1) is 0 Å². The lowest BCUT2D eigenvalue weighted by Crippen LogP contribution is -2.21. The van der Waals surface area contributed by atoms with Crippen molar-refractivity contribution >= 4 is 16.7 Å². The summed E-state index contributed by atoms with van der Waals surface area (Å²) in [6.45, 7) is 0.477. The number of rotatable bonds is 5. The Morgan fingerprint density at radius 2 is 1.77 bits per heavy atom. The van der Waals surface area contributed by atoms with Crippen LogP contribution >= 0.6 is 0 Å². The van der Waals surface area contributed by atoms with E-state index >= 15 is 0 Å². The molecule has 1 atom stereocenters. The van der Waals surface area contributed by atoms with Gasteiger partial charge in [0.05, 0.1) is 17.3 Å². The van der Waals surface area contributed by atoms with E-state index in [1.807, 2.05) is 48.5 Å². The molecule has 5 nitrogen and oxygen atoms in total. The monoisotopic (exact) mass is 341 g/mol. The van der Waals surface area contributed by atoms with Crippen LogP contribution in [0.15, 0.2) is 79.3 Å². The van der Waals surface area contributed by atoms with Gasteiger partial charge in [0.1, 0.15) is 12.1 Å². The second-order valence-electron chi connectivity index (χ2n) is 6.04. The average Bonchev–Trinajstić information content (AvgIpc) is 2.72. The molecule has 0 fully saturated rings. The molecule has 0 saturated carbocycles. The predicted octanol–water partition coefficient (Wildman–Crippen LogP) is 3.80. The summed E-state index contributed by atoms with van der Waals surface area (Å²) >= 11 is 0. The molecule has 0 radical (unpaired) electrons. The van der Waals surface area contributed by atoms with Crippen LogP contribution < -0.4 is 11.1 Å². The molecule has 0 saturated heterocycles. The lowest BCUT2D eigenvalue weighted by molar-refractivity contribution is 0.783. The molecule has 4 rings (SSSR count). The molecule has 128 valence electrons. The van der Waals surface area contributed by atoms with Gasteiger partial charge in [0, 0.05) is 29.8 Å². The minimum absolute atomic E-state index is 0.000228. The van der Waals surface area contributed by atoms with Crippen molar-refractivity contribution in [3.8, 4) is 11.3 Å². The number of hydrogen-bond acceptors (Lipinski definition) is 5. The van der Waals surface area contributed by atoms with E-state index in [1.54, 1.807) is 12.5 Å². The molecule has 2 aromatic heterocycles. The fraction of sp³-hybridized carbons (Fsp3) is 0.0952. The molecule has 0 spiro atoms. The summed E-state index contributed by atoms with van der Waals surface area (Å²) in [5, 5.41) is 4.49. The zero-order valence-electron chi connectivity index (χ0n) is 14.2.